The summed E-state index contributed by atoms with van der Waals surface area (Å²) in [5, 5.41) is 4.87. The van der Waals surface area contributed by atoms with Crippen molar-refractivity contribution in [2.45, 2.75) is 32.7 Å². The van der Waals surface area contributed by atoms with Crippen LogP contribution < -0.4 is 4.90 Å². The van der Waals surface area contributed by atoms with E-state index < -0.39 is 0 Å². The third-order valence-electron chi connectivity index (χ3n) is 4.33. The average molecular weight is 344 g/mol. The van der Waals surface area contributed by atoms with E-state index in [4.69, 9.17) is 11.6 Å². The average Bonchev–Trinajstić information content (AvgIpc) is 3.00. The number of aromatic nitrogens is 2. The number of aryl methyl sites for hydroxylation is 1. The molecule has 0 radical (unpaired) electrons. The molecule has 1 aromatic heterocycles. The number of carbonyl (C=O) groups excluding carboxylic acids is 1. The van der Waals surface area contributed by atoms with E-state index in [1.165, 1.54) is 31.0 Å². The number of rotatable bonds is 5. The first-order valence-corrected chi connectivity index (χ1v) is 8.85. The highest BCUT2D eigenvalue weighted by Gasteiger charge is 2.11. The van der Waals surface area contributed by atoms with Crippen LogP contribution >= 0.6 is 11.6 Å². The van der Waals surface area contributed by atoms with Crippen molar-refractivity contribution >= 4 is 29.1 Å². The van der Waals surface area contributed by atoms with Crippen molar-refractivity contribution in [3.63, 3.8) is 0 Å². The summed E-state index contributed by atoms with van der Waals surface area (Å²) in [7, 11) is 0. The molecule has 0 saturated carbocycles. The molecule has 0 N–H and O–H groups in total. The zero-order valence-corrected chi connectivity index (χ0v) is 14.7. The van der Waals surface area contributed by atoms with Gasteiger partial charge in [-0.05, 0) is 62.6 Å². The topological polar surface area (TPSA) is 38.1 Å². The molecule has 0 spiro atoms. The Bertz CT molecular complexity index is 728. The molecule has 0 unspecified atom stereocenters. The van der Waals surface area contributed by atoms with Gasteiger partial charge in [-0.15, -0.1) is 0 Å². The van der Waals surface area contributed by atoms with E-state index in [0.29, 0.717) is 16.3 Å². The Morgan fingerprint density at radius 2 is 1.92 bits per heavy atom. The van der Waals surface area contributed by atoms with Crippen LogP contribution in [-0.4, -0.2) is 28.7 Å². The fourth-order valence-corrected chi connectivity index (χ4v) is 3.14. The molecule has 0 amide bonds. The van der Waals surface area contributed by atoms with E-state index in [-0.39, 0.29) is 5.78 Å². The second-order valence-corrected chi connectivity index (χ2v) is 6.42. The standard InChI is InChI=1S/C19H22ClN3O/c1-2-23-14-17(20)18(21-23)10-11-19(24)15-6-8-16(9-7-15)22-12-4-3-5-13-22/h6-11,14H,2-5,12-13H2,1H3/b11-10+. The van der Waals surface area contributed by atoms with Gasteiger partial charge in [0.05, 0.1) is 5.02 Å². The molecule has 2 aromatic rings. The summed E-state index contributed by atoms with van der Waals surface area (Å²) in [4.78, 5) is 14.7. The second-order valence-electron chi connectivity index (χ2n) is 6.01. The van der Waals surface area contributed by atoms with E-state index in [2.05, 4.69) is 10.00 Å². The van der Waals surface area contributed by atoms with Gasteiger partial charge in [0, 0.05) is 37.1 Å². The maximum absolute atomic E-state index is 12.3. The predicted molar refractivity (Wildman–Crippen MR) is 98.8 cm³/mol. The minimum Gasteiger partial charge on any atom is -0.372 e. The zero-order valence-electron chi connectivity index (χ0n) is 13.9. The first-order valence-electron chi connectivity index (χ1n) is 8.48. The quantitative estimate of drug-likeness (QED) is 0.595. The highest BCUT2D eigenvalue weighted by molar-refractivity contribution is 6.31. The Balaban J connectivity index is 1.68. The Morgan fingerprint density at radius 3 is 2.54 bits per heavy atom. The zero-order chi connectivity index (χ0) is 16.9. The smallest absolute Gasteiger partial charge is 0.185 e. The first-order chi connectivity index (χ1) is 11.7. The van der Waals surface area contributed by atoms with Gasteiger partial charge in [0.15, 0.2) is 5.78 Å². The van der Waals surface area contributed by atoms with Gasteiger partial charge in [0.1, 0.15) is 5.69 Å². The third-order valence-corrected chi connectivity index (χ3v) is 4.62. The molecule has 1 aromatic carbocycles. The molecule has 126 valence electrons. The van der Waals surface area contributed by atoms with Crippen molar-refractivity contribution in [1.29, 1.82) is 0 Å². The number of ketones is 1. The Kier molecular flexibility index (Phi) is 5.36. The van der Waals surface area contributed by atoms with Gasteiger partial charge in [0.2, 0.25) is 0 Å². The van der Waals surface area contributed by atoms with Crippen LogP contribution in [0.2, 0.25) is 5.02 Å². The number of anilines is 1. The fraction of sp³-hybridized carbons (Fsp3) is 0.368. The Hall–Kier alpha value is -2.07. The predicted octanol–water partition coefficient (Wildman–Crippen LogP) is 4.44. The molecule has 3 rings (SSSR count). The summed E-state index contributed by atoms with van der Waals surface area (Å²) in [6.45, 7) is 4.95. The van der Waals surface area contributed by atoms with Crippen molar-refractivity contribution in [3.05, 3.63) is 52.8 Å². The fourth-order valence-electron chi connectivity index (χ4n) is 2.93. The summed E-state index contributed by atoms with van der Waals surface area (Å²) in [5.41, 5.74) is 2.50. The van der Waals surface area contributed by atoms with E-state index >= 15 is 0 Å². The van der Waals surface area contributed by atoms with E-state index in [1.54, 1.807) is 17.0 Å². The van der Waals surface area contributed by atoms with Crippen molar-refractivity contribution in [2.75, 3.05) is 18.0 Å². The normalized spacial score (nSPS) is 15.2. The van der Waals surface area contributed by atoms with Crippen molar-refractivity contribution < 1.29 is 4.79 Å². The van der Waals surface area contributed by atoms with Crippen LogP contribution in [0.25, 0.3) is 6.08 Å². The molecule has 24 heavy (non-hydrogen) atoms. The molecule has 1 aliphatic rings. The summed E-state index contributed by atoms with van der Waals surface area (Å²) >= 11 is 6.11. The number of piperidine rings is 1. The monoisotopic (exact) mass is 343 g/mol. The van der Waals surface area contributed by atoms with Gasteiger partial charge in [-0.3, -0.25) is 9.48 Å². The molecule has 0 atom stereocenters. The molecule has 5 heteroatoms. The summed E-state index contributed by atoms with van der Waals surface area (Å²) in [6.07, 6.45) is 8.77. The van der Waals surface area contributed by atoms with Crippen LogP contribution in [-0.2, 0) is 6.54 Å². The van der Waals surface area contributed by atoms with Crippen molar-refractivity contribution in [3.8, 4) is 0 Å². The number of hydrogen-bond donors (Lipinski definition) is 0. The highest BCUT2D eigenvalue weighted by Crippen LogP contribution is 2.21. The van der Waals surface area contributed by atoms with Crippen molar-refractivity contribution in [2.24, 2.45) is 0 Å². The molecule has 2 heterocycles. The summed E-state index contributed by atoms with van der Waals surface area (Å²) < 4.78 is 1.75. The van der Waals surface area contributed by atoms with Crippen molar-refractivity contribution in [1.82, 2.24) is 9.78 Å². The minimum atomic E-state index is -0.0395. The Labute approximate surface area is 147 Å². The van der Waals surface area contributed by atoms with Crippen LogP contribution in [0.5, 0.6) is 0 Å². The number of benzene rings is 1. The van der Waals surface area contributed by atoms with Gasteiger partial charge in [-0.2, -0.15) is 5.10 Å². The van der Waals surface area contributed by atoms with Crippen LogP contribution in [0.15, 0.2) is 36.5 Å². The molecule has 4 nitrogen and oxygen atoms in total. The maximum atomic E-state index is 12.3. The SMILES string of the molecule is CCn1cc(Cl)c(/C=C/C(=O)c2ccc(N3CCCCC3)cc2)n1. The molecule has 0 bridgehead atoms. The molecule has 1 saturated heterocycles. The molecular weight excluding hydrogens is 322 g/mol. The lowest BCUT2D eigenvalue weighted by molar-refractivity contribution is 0.104. The largest absolute Gasteiger partial charge is 0.372 e. The number of nitrogens with zero attached hydrogens (tertiary/aromatic N) is 3. The molecular formula is C19H22ClN3O. The molecule has 1 fully saturated rings. The molecule has 0 aliphatic carbocycles. The highest BCUT2D eigenvalue weighted by atomic mass is 35.5. The Morgan fingerprint density at radius 1 is 1.21 bits per heavy atom. The van der Waals surface area contributed by atoms with Crippen LogP contribution in [0, 0.1) is 0 Å². The number of allylic oxidation sites excluding steroid dienone is 1. The second kappa shape index (κ2) is 7.67. The minimum absolute atomic E-state index is 0.0395. The van der Waals surface area contributed by atoms with Crippen LogP contribution in [0.1, 0.15) is 42.2 Å². The van der Waals surface area contributed by atoms with E-state index in [1.807, 2.05) is 31.2 Å². The maximum Gasteiger partial charge on any atom is 0.185 e. The van der Waals surface area contributed by atoms with E-state index in [9.17, 15) is 4.79 Å². The van der Waals surface area contributed by atoms with Gasteiger partial charge >= 0.3 is 0 Å². The number of halogens is 1. The van der Waals surface area contributed by atoms with Gasteiger partial charge < -0.3 is 4.90 Å². The van der Waals surface area contributed by atoms with Gasteiger partial charge in [-0.25, -0.2) is 0 Å². The van der Waals surface area contributed by atoms with E-state index in [0.717, 1.165) is 19.6 Å². The van der Waals surface area contributed by atoms with Crippen LogP contribution in [0.4, 0.5) is 5.69 Å². The lowest BCUT2D eigenvalue weighted by atomic mass is 10.1. The van der Waals surface area contributed by atoms with Crippen LogP contribution in [0.3, 0.4) is 0 Å². The summed E-state index contributed by atoms with van der Waals surface area (Å²) in [5.74, 6) is -0.0395. The first kappa shape index (κ1) is 16.8. The number of carbonyl (C=O) groups is 1. The number of hydrogen-bond acceptors (Lipinski definition) is 3. The lowest BCUT2D eigenvalue weighted by Crippen LogP contribution is -2.29. The lowest BCUT2D eigenvalue weighted by Gasteiger charge is -2.28. The third kappa shape index (κ3) is 3.88. The van der Waals surface area contributed by atoms with Gasteiger partial charge in [0.25, 0.3) is 0 Å². The van der Waals surface area contributed by atoms with Gasteiger partial charge in [-0.1, -0.05) is 11.6 Å². The molecule has 1 aliphatic heterocycles. The summed E-state index contributed by atoms with van der Waals surface area (Å²) in [6, 6.07) is 7.85.